The fourth-order valence-corrected chi connectivity index (χ4v) is 1.99. The Morgan fingerprint density at radius 1 is 1.47 bits per heavy atom. The van der Waals surface area contributed by atoms with Crippen LogP contribution in [0.15, 0.2) is 11.1 Å². The molecule has 0 saturated carbocycles. The fourth-order valence-electron chi connectivity index (χ4n) is 1.99. The second-order valence-corrected chi connectivity index (χ2v) is 4.66. The molecule has 0 aromatic heterocycles. The maximum atomic E-state index is 11.8. The van der Waals surface area contributed by atoms with Crippen LogP contribution in [0.25, 0.3) is 0 Å². The van der Waals surface area contributed by atoms with Crippen molar-refractivity contribution in [1.82, 2.24) is 0 Å². The van der Waals surface area contributed by atoms with Crippen LogP contribution in [0.1, 0.15) is 40.0 Å². The summed E-state index contributed by atoms with van der Waals surface area (Å²) in [5.74, 6) is -0.177. The Kier molecular flexibility index (Phi) is 3.91. The summed E-state index contributed by atoms with van der Waals surface area (Å²) in [6.45, 7) is 6.15. The van der Waals surface area contributed by atoms with Gasteiger partial charge in [0.15, 0.2) is 0 Å². The molecule has 3 nitrogen and oxygen atoms in total. The number of rotatable bonds is 3. The van der Waals surface area contributed by atoms with Crippen LogP contribution in [0.3, 0.4) is 0 Å². The third kappa shape index (κ3) is 2.81. The smallest absolute Gasteiger partial charge is 0.312 e. The predicted octanol–water partition coefficient (Wildman–Crippen LogP) is 2.05. The summed E-state index contributed by atoms with van der Waals surface area (Å²) in [6, 6.07) is 0. The van der Waals surface area contributed by atoms with E-state index in [2.05, 4.69) is 13.8 Å². The fraction of sp³-hybridized carbons (Fsp3) is 0.750. The van der Waals surface area contributed by atoms with Gasteiger partial charge in [-0.15, -0.1) is 0 Å². The Morgan fingerprint density at radius 3 is 2.67 bits per heavy atom. The van der Waals surface area contributed by atoms with Gasteiger partial charge in [0.05, 0.1) is 12.0 Å². The maximum absolute atomic E-state index is 11.8. The molecule has 0 spiro atoms. The molecule has 1 atom stereocenters. The Hall–Kier alpha value is -0.830. The lowest BCUT2D eigenvalue weighted by atomic mass is 9.73. The number of aliphatic hydroxyl groups excluding tert-OH is 1. The van der Waals surface area contributed by atoms with E-state index in [0.29, 0.717) is 0 Å². The molecular weight excluding hydrogens is 192 g/mol. The molecule has 0 aliphatic heterocycles. The summed E-state index contributed by atoms with van der Waals surface area (Å²) in [6.07, 6.45) is 2.60. The van der Waals surface area contributed by atoms with Gasteiger partial charge in [0.1, 0.15) is 6.61 Å². The van der Waals surface area contributed by atoms with Crippen molar-refractivity contribution in [2.45, 2.75) is 40.0 Å². The number of ether oxygens (including phenoxy) is 1. The van der Waals surface area contributed by atoms with Crippen molar-refractivity contribution in [3.05, 3.63) is 11.1 Å². The largest absolute Gasteiger partial charge is 0.463 e. The first-order valence-electron chi connectivity index (χ1n) is 5.43. The van der Waals surface area contributed by atoms with Crippen LogP contribution in [-0.4, -0.2) is 24.3 Å². The summed E-state index contributed by atoms with van der Waals surface area (Å²) in [4.78, 5) is 11.8. The number of hydrogen-bond acceptors (Lipinski definition) is 3. The second kappa shape index (κ2) is 4.79. The van der Waals surface area contributed by atoms with Crippen LogP contribution in [0.2, 0.25) is 0 Å². The minimum Gasteiger partial charge on any atom is -0.463 e. The lowest BCUT2D eigenvalue weighted by Gasteiger charge is -2.32. The Balaban J connectivity index is 2.65. The SMILES string of the molecule is CC1=C(C)CC(C)(C(=O)OCCO)CC1. The van der Waals surface area contributed by atoms with E-state index in [-0.39, 0.29) is 19.2 Å². The van der Waals surface area contributed by atoms with Crippen molar-refractivity contribution in [1.29, 1.82) is 0 Å². The average Bonchev–Trinajstić information content (AvgIpc) is 2.20. The normalized spacial score (nSPS) is 26.7. The summed E-state index contributed by atoms with van der Waals surface area (Å²) < 4.78 is 5.01. The molecule has 0 aromatic carbocycles. The minimum absolute atomic E-state index is 0.102. The first kappa shape index (κ1) is 12.2. The molecule has 86 valence electrons. The van der Waals surface area contributed by atoms with E-state index < -0.39 is 5.41 Å². The van der Waals surface area contributed by atoms with Gasteiger partial charge in [-0.2, -0.15) is 0 Å². The zero-order valence-electron chi connectivity index (χ0n) is 9.80. The minimum atomic E-state index is -0.390. The molecule has 1 N–H and O–H groups in total. The molecule has 0 saturated heterocycles. The van der Waals surface area contributed by atoms with E-state index in [1.807, 2.05) is 6.92 Å². The first-order valence-corrected chi connectivity index (χ1v) is 5.43. The third-order valence-corrected chi connectivity index (χ3v) is 3.25. The highest BCUT2D eigenvalue weighted by Gasteiger charge is 2.37. The molecule has 0 radical (unpaired) electrons. The molecule has 0 heterocycles. The molecule has 0 aromatic rings. The van der Waals surface area contributed by atoms with Crippen LogP contribution in [0.5, 0.6) is 0 Å². The van der Waals surface area contributed by atoms with Gasteiger partial charge in [-0.05, 0) is 40.0 Å². The van der Waals surface area contributed by atoms with Gasteiger partial charge in [0.2, 0.25) is 0 Å². The summed E-state index contributed by atoms with van der Waals surface area (Å²) in [5.41, 5.74) is 2.30. The highest BCUT2D eigenvalue weighted by molar-refractivity contribution is 5.77. The molecule has 1 aliphatic rings. The Bertz CT molecular complexity index is 281. The van der Waals surface area contributed by atoms with E-state index in [0.717, 1.165) is 19.3 Å². The van der Waals surface area contributed by atoms with Crippen LogP contribution >= 0.6 is 0 Å². The molecule has 1 aliphatic carbocycles. The van der Waals surface area contributed by atoms with E-state index in [1.165, 1.54) is 11.1 Å². The van der Waals surface area contributed by atoms with Crippen LogP contribution < -0.4 is 0 Å². The number of carbonyl (C=O) groups excluding carboxylic acids is 1. The quantitative estimate of drug-likeness (QED) is 0.575. The molecule has 1 rings (SSSR count). The van der Waals surface area contributed by atoms with Crippen molar-refractivity contribution in [2.24, 2.45) is 5.41 Å². The Morgan fingerprint density at radius 2 is 2.13 bits per heavy atom. The summed E-state index contributed by atoms with van der Waals surface area (Å²) >= 11 is 0. The molecule has 0 bridgehead atoms. The van der Waals surface area contributed by atoms with Gasteiger partial charge in [-0.1, -0.05) is 11.1 Å². The summed E-state index contributed by atoms with van der Waals surface area (Å²) in [5, 5.41) is 8.60. The monoisotopic (exact) mass is 212 g/mol. The molecule has 0 fully saturated rings. The number of aliphatic hydroxyl groups is 1. The van der Waals surface area contributed by atoms with Crippen molar-refractivity contribution >= 4 is 5.97 Å². The van der Waals surface area contributed by atoms with E-state index in [1.54, 1.807) is 0 Å². The third-order valence-electron chi connectivity index (χ3n) is 3.25. The lowest BCUT2D eigenvalue weighted by molar-refractivity contribution is -0.156. The van der Waals surface area contributed by atoms with Gasteiger partial charge in [-0.25, -0.2) is 0 Å². The Labute approximate surface area is 91.1 Å². The average molecular weight is 212 g/mol. The lowest BCUT2D eigenvalue weighted by Crippen LogP contribution is -2.33. The molecule has 3 heteroatoms. The highest BCUT2D eigenvalue weighted by Crippen LogP contribution is 2.39. The van der Waals surface area contributed by atoms with Crippen LogP contribution in [0.4, 0.5) is 0 Å². The number of hydrogen-bond donors (Lipinski definition) is 1. The van der Waals surface area contributed by atoms with Gasteiger partial charge < -0.3 is 9.84 Å². The molecule has 15 heavy (non-hydrogen) atoms. The molecule has 1 unspecified atom stereocenters. The number of esters is 1. The van der Waals surface area contributed by atoms with Gasteiger partial charge in [0, 0.05) is 0 Å². The number of allylic oxidation sites excluding steroid dienone is 2. The topological polar surface area (TPSA) is 46.5 Å². The zero-order chi connectivity index (χ0) is 11.5. The van der Waals surface area contributed by atoms with E-state index >= 15 is 0 Å². The number of carbonyl (C=O) groups is 1. The van der Waals surface area contributed by atoms with Crippen molar-refractivity contribution in [3.63, 3.8) is 0 Å². The van der Waals surface area contributed by atoms with Crippen molar-refractivity contribution in [2.75, 3.05) is 13.2 Å². The van der Waals surface area contributed by atoms with Crippen LogP contribution in [0, 0.1) is 5.41 Å². The van der Waals surface area contributed by atoms with Crippen LogP contribution in [-0.2, 0) is 9.53 Å². The van der Waals surface area contributed by atoms with Gasteiger partial charge in [0.25, 0.3) is 0 Å². The van der Waals surface area contributed by atoms with E-state index in [4.69, 9.17) is 9.84 Å². The first-order chi connectivity index (χ1) is 6.99. The highest BCUT2D eigenvalue weighted by atomic mass is 16.5. The van der Waals surface area contributed by atoms with Crippen molar-refractivity contribution in [3.8, 4) is 0 Å². The molecular formula is C12H20O3. The summed E-state index contributed by atoms with van der Waals surface area (Å²) in [7, 11) is 0. The van der Waals surface area contributed by atoms with Gasteiger partial charge >= 0.3 is 5.97 Å². The standard InChI is InChI=1S/C12H20O3/c1-9-4-5-12(3,8-10(9)2)11(14)15-7-6-13/h13H,4-8H2,1-3H3. The van der Waals surface area contributed by atoms with Gasteiger partial charge in [-0.3, -0.25) is 4.79 Å². The molecule has 0 amide bonds. The maximum Gasteiger partial charge on any atom is 0.312 e. The second-order valence-electron chi connectivity index (χ2n) is 4.66. The zero-order valence-corrected chi connectivity index (χ0v) is 9.80. The predicted molar refractivity (Wildman–Crippen MR) is 58.4 cm³/mol. The van der Waals surface area contributed by atoms with E-state index in [9.17, 15) is 4.79 Å². The van der Waals surface area contributed by atoms with Crippen molar-refractivity contribution < 1.29 is 14.6 Å².